The van der Waals surface area contributed by atoms with Crippen molar-refractivity contribution in [3.8, 4) is 0 Å². The smallest absolute Gasteiger partial charge is 0.337 e. The maximum atomic E-state index is 12.0. The number of aromatic nitrogens is 1. The van der Waals surface area contributed by atoms with Gasteiger partial charge in [0.15, 0.2) is 0 Å². The topological polar surface area (TPSA) is 43.7 Å². The summed E-state index contributed by atoms with van der Waals surface area (Å²) in [4.78, 5) is 14.6. The average molecular weight is 342 g/mol. The third-order valence-electron chi connectivity index (χ3n) is 5.78. The summed E-state index contributed by atoms with van der Waals surface area (Å²) in [6.07, 6.45) is 4.51. The number of carbonyl (C=O) groups excluding carboxylic acids is 1. The largest absolute Gasteiger partial charge is 0.465 e. The van der Waals surface area contributed by atoms with E-state index in [0.29, 0.717) is 11.6 Å². The number of nitrogens with zero attached hydrogens (tertiary/aromatic N) is 2. The van der Waals surface area contributed by atoms with Crippen molar-refractivity contribution in [1.29, 1.82) is 0 Å². The van der Waals surface area contributed by atoms with Crippen molar-refractivity contribution in [2.75, 3.05) is 26.9 Å². The summed E-state index contributed by atoms with van der Waals surface area (Å²) in [5, 5.41) is 1.19. The standard InChI is InChI=1S/C20H26N2O3/c1-21-18-4-3-9-22(15-7-10-25-11-8-15)13-17(18)16-12-14(20(23)24-2)5-6-19(16)21/h5-6,12,15H,3-4,7-11,13H2,1-2H3. The molecule has 0 aliphatic carbocycles. The van der Waals surface area contributed by atoms with Crippen LogP contribution in [0.3, 0.4) is 0 Å². The highest BCUT2D eigenvalue weighted by molar-refractivity contribution is 5.96. The van der Waals surface area contributed by atoms with Crippen LogP contribution in [-0.4, -0.2) is 48.3 Å². The zero-order valence-corrected chi connectivity index (χ0v) is 15.1. The molecule has 1 aromatic heterocycles. The van der Waals surface area contributed by atoms with E-state index < -0.39 is 0 Å². The van der Waals surface area contributed by atoms with Crippen LogP contribution in [0.25, 0.3) is 10.9 Å². The molecule has 3 heterocycles. The highest BCUT2D eigenvalue weighted by atomic mass is 16.5. The van der Waals surface area contributed by atoms with Gasteiger partial charge in [-0.3, -0.25) is 4.90 Å². The minimum atomic E-state index is -0.269. The number of benzene rings is 1. The molecule has 25 heavy (non-hydrogen) atoms. The molecule has 1 saturated heterocycles. The fourth-order valence-corrected chi connectivity index (χ4v) is 4.41. The van der Waals surface area contributed by atoms with E-state index in [1.165, 1.54) is 35.7 Å². The van der Waals surface area contributed by atoms with E-state index in [9.17, 15) is 4.79 Å². The third kappa shape index (κ3) is 2.96. The minimum absolute atomic E-state index is 0.269. The summed E-state index contributed by atoms with van der Waals surface area (Å²) < 4.78 is 12.7. The van der Waals surface area contributed by atoms with E-state index in [2.05, 4.69) is 22.6 Å². The van der Waals surface area contributed by atoms with Crippen molar-refractivity contribution in [3.63, 3.8) is 0 Å². The molecule has 2 aliphatic rings. The summed E-state index contributed by atoms with van der Waals surface area (Å²) >= 11 is 0. The first kappa shape index (κ1) is 16.6. The number of ether oxygens (including phenoxy) is 2. The van der Waals surface area contributed by atoms with Gasteiger partial charge >= 0.3 is 5.97 Å². The summed E-state index contributed by atoms with van der Waals surface area (Å²) in [5.74, 6) is -0.269. The van der Waals surface area contributed by atoms with Gasteiger partial charge in [0.25, 0.3) is 0 Å². The van der Waals surface area contributed by atoms with Gasteiger partial charge in [-0.15, -0.1) is 0 Å². The van der Waals surface area contributed by atoms with Crippen LogP contribution in [0.4, 0.5) is 0 Å². The van der Waals surface area contributed by atoms with E-state index >= 15 is 0 Å². The molecular formula is C20H26N2O3. The Balaban J connectivity index is 1.75. The van der Waals surface area contributed by atoms with Crippen LogP contribution in [0.1, 0.15) is 40.9 Å². The molecule has 2 aromatic rings. The van der Waals surface area contributed by atoms with E-state index in [1.807, 2.05) is 12.1 Å². The number of carbonyl (C=O) groups is 1. The molecule has 5 nitrogen and oxygen atoms in total. The maximum absolute atomic E-state index is 12.0. The molecule has 0 bridgehead atoms. The van der Waals surface area contributed by atoms with E-state index in [0.717, 1.165) is 45.6 Å². The van der Waals surface area contributed by atoms with Crippen molar-refractivity contribution < 1.29 is 14.3 Å². The van der Waals surface area contributed by atoms with Gasteiger partial charge in [-0.05, 0) is 56.0 Å². The first-order valence-corrected chi connectivity index (χ1v) is 9.19. The zero-order valence-electron chi connectivity index (χ0n) is 15.1. The number of methoxy groups -OCH3 is 1. The van der Waals surface area contributed by atoms with Crippen LogP contribution in [0.5, 0.6) is 0 Å². The second kappa shape index (κ2) is 6.81. The summed E-state index contributed by atoms with van der Waals surface area (Å²) in [7, 11) is 3.58. The van der Waals surface area contributed by atoms with Crippen molar-refractivity contribution in [2.24, 2.45) is 7.05 Å². The number of hydrogen-bond donors (Lipinski definition) is 0. The van der Waals surface area contributed by atoms with Crippen molar-refractivity contribution in [1.82, 2.24) is 9.47 Å². The molecule has 0 saturated carbocycles. The Bertz CT molecular complexity index is 790. The van der Waals surface area contributed by atoms with Gasteiger partial charge in [0.1, 0.15) is 0 Å². The molecule has 0 atom stereocenters. The quantitative estimate of drug-likeness (QED) is 0.787. The van der Waals surface area contributed by atoms with E-state index in [4.69, 9.17) is 9.47 Å². The lowest BCUT2D eigenvalue weighted by atomic mass is 10.0. The van der Waals surface area contributed by atoms with Crippen LogP contribution in [0.2, 0.25) is 0 Å². The molecular weight excluding hydrogens is 316 g/mol. The Labute approximate surface area is 148 Å². The second-order valence-electron chi connectivity index (χ2n) is 7.13. The summed E-state index contributed by atoms with van der Waals surface area (Å²) in [6.45, 7) is 3.84. The molecule has 4 rings (SSSR count). The lowest BCUT2D eigenvalue weighted by molar-refractivity contribution is 0.0316. The lowest BCUT2D eigenvalue weighted by Gasteiger charge is -2.33. The molecule has 2 aliphatic heterocycles. The fraction of sp³-hybridized carbons (Fsp3) is 0.550. The van der Waals surface area contributed by atoms with Crippen LogP contribution in [-0.2, 0) is 29.5 Å². The summed E-state index contributed by atoms with van der Waals surface area (Å²) in [6, 6.07) is 6.53. The van der Waals surface area contributed by atoms with Crippen molar-refractivity contribution >= 4 is 16.9 Å². The SMILES string of the molecule is COC(=O)c1ccc2c(c1)c1c(n2C)CCCN(C2CCOCC2)C1. The number of esters is 1. The molecule has 5 heteroatoms. The van der Waals surface area contributed by atoms with Gasteiger partial charge in [0.2, 0.25) is 0 Å². The molecule has 0 unspecified atom stereocenters. The Kier molecular flexibility index (Phi) is 4.52. The van der Waals surface area contributed by atoms with Gasteiger partial charge in [0.05, 0.1) is 12.7 Å². The van der Waals surface area contributed by atoms with Crippen LogP contribution < -0.4 is 0 Å². The van der Waals surface area contributed by atoms with Gasteiger partial charge in [-0.1, -0.05) is 0 Å². The van der Waals surface area contributed by atoms with Crippen molar-refractivity contribution in [3.05, 3.63) is 35.0 Å². The first-order valence-electron chi connectivity index (χ1n) is 9.19. The molecule has 1 aromatic carbocycles. The van der Waals surface area contributed by atoms with Crippen LogP contribution >= 0.6 is 0 Å². The zero-order chi connectivity index (χ0) is 17.4. The average Bonchev–Trinajstić information content (AvgIpc) is 2.81. The Morgan fingerprint density at radius 3 is 2.84 bits per heavy atom. The fourth-order valence-electron chi connectivity index (χ4n) is 4.41. The van der Waals surface area contributed by atoms with Gasteiger partial charge in [-0.25, -0.2) is 4.79 Å². The molecule has 134 valence electrons. The highest BCUT2D eigenvalue weighted by Gasteiger charge is 2.27. The van der Waals surface area contributed by atoms with E-state index in [1.54, 1.807) is 0 Å². The van der Waals surface area contributed by atoms with Gasteiger partial charge in [0, 0.05) is 49.4 Å². The Hall–Kier alpha value is -1.85. The first-order chi connectivity index (χ1) is 12.2. The Morgan fingerprint density at radius 2 is 2.08 bits per heavy atom. The van der Waals surface area contributed by atoms with Crippen molar-refractivity contribution in [2.45, 2.75) is 38.3 Å². The predicted molar refractivity (Wildman–Crippen MR) is 96.8 cm³/mol. The minimum Gasteiger partial charge on any atom is -0.465 e. The maximum Gasteiger partial charge on any atom is 0.337 e. The summed E-state index contributed by atoms with van der Waals surface area (Å²) in [5.41, 5.74) is 4.62. The lowest BCUT2D eigenvalue weighted by Crippen LogP contribution is -2.39. The molecule has 0 N–H and O–H groups in total. The number of rotatable bonds is 2. The monoisotopic (exact) mass is 342 g/mol. The number of fused-ring (bicyclic) bond motifs is 3. The highest BCUT2D eigenvalue weighted by Crippen LogP contribution is 2.32. The Morgan fingerprint density at radius 1 is 1.28 bits per heavy atom. The number of hydrogen-bond acceptors (Lipinski definition) is 4. The molecule has 0 amide bonds. The predicted octanol–water partition coefficient (Wildman–Crippen LogP) is 2.89. The molecule has 1 fully saturated rings. The molecule has 0 spiro atoms. The van der Waals surface area contributed by atoms with Gasteiger partial charge < -0.3 is 14.0 Å². The molecule has 0 radical (unpaired) electrons. The number of aryl methyl sites for hydroxylation is 1. The second-order valence-corrected chi connectivity index (χ2v) is 7.13. The van der Waals surface area contributed by atoms with Crippen LogP contribution in [0.15, 0.2) is 18.2 Å². The normalized spacial score (nSPS) is 19.6. The van der Waals surface area contributed by atoms with Crippen LogP contribution in [0, 0.1) is 0 Å². The van der Waals surface area contributed by atoms with E-state index in [-0.39, 0.29) is 5.97 Å². The third-order valence-corrected chi connectivity index (χ3v) is 5.78. The van der Waals surface area contributed by atoms with Gasteiger partial charge in [-0.2, -0.15) is 0 Å².